The molecule has 1 N–H and O–H groups in total. The number of carbonyl (C=O) groups excluding carboxylic acids is 1. The van der Waals surface area contributed by atoms with Gasteiger partial charge in [-0.2, -0.15) is 0 Å². The molecular formula is C30H24N2O2. The number of nitrogens with one attached hydrogen (secondary N) is 1. The minimum Gasteiger partial charge on any atom is -0.456 e. The van der Waals surface area contributed by atoms with Gasteiger partial charge in [-0.1, -0.05) is 48.5 Å². The monoisotopic (exact) mass is 444 g/mol. The van der Waals surface area contributed by atoms with Crippen LogP contribution in [0.4, 0.5) is 11.4 Å². The van der Waals surface area contributed by atoms with Crippen molar-refractivity contribution in [3.8, 4) is 0 Å². The summed E-state index contributed by atoms with van der Waals surface area (Å²) in [5.74, 6) is -0.0470. The number of fused-ring (bicyclic) bond motifs is 3. The Morgan fingerprint density at radius 3 is 2.35 bits per heavy atom. The molecule has 1 aliphatic heterocycles. The van der Waals surface area contributed by atoms with Gasteiger partial charge in [0.1, 0.15) is 16.9 Å². The summed E-state index contributed by atoms with van der Waals surface area (Å²) in [4.78, 5) is 15.6. The zero-order chi connectivity index (χ0) is 23.2. The smallest absolute Gasteiger partial charge is 0.275 e. The van der Waals surface area contributed by atoms with E-state index in [1.165, 1.54) is 0 Å². The molecule has 0 unspecified atom stereocenters. The number of furan rings is 1. The zero-order valence-corrected chi connectivity index (χ0v) is 19.1. The first-order valence-electron chi connectivity index (χ1n) is 11.4. The average Bonchev–Trinajstić information content (AvgIpc) is 3.36. The Bertz CT molecular complexity index is 1590. The predicted octanol–water partition coefficient (Wildman–Crippen LogP) is 7.29. The Morgan fingerprint density at radius 2 is 1.53 bits per heavy atom. The van der Waals surface area contributed by atoms with E-state index in [0.717, 1.165) is 50.0 Å². The number of benzene rings is 4. The minimum absolute atomic E-state index is 0.0470. The van der Waals surface area contributed by atoms with Gasteiger partial charge in [0.25, 0.3) is 5.91 Å². The third kappa shape index (κ3) is 3.44. The van der Waals surface area contributed by atoms with Crippen LogP contribution >= 0.6 is 0 Å². The van der Waals surface area contributed by atoms with Crippen LogP contribution in [-0.2, 0) is 4.79 Å². The summed E-state index contributed by atoms with van der Waals surface area (Å²) < 4.78 is 6.02. The molecule has 0 saturated heterocycles. The van der Waals surface area contributed by atoms with Crippen molar-refractivity contribution in [2.24, 2.45) is 0 Å². The molecule has 1 aliphatic rings. The van der Waals surface area contributed by atoms with Gasteiger partial charge in [-0.05, 0) is 79.1 Å². The lowest BCUT2D eigenvalue weighted by Gasteiger charge is -2.25. The lowest BCUT2D eigenvalue weighted by molar-refractivity contribution is -0.114. The van der Waals surface area contributed by atoms with Crippen LogP contribution in [0, 0.1) is 13.8 Å². The number of carbonyl (C=O) groups is 1. The normalized spacial score (nSPS) is 15.8. The number of nitrogens with zero attached hydrogens (tertiary/aromatic N) is 1. The minimum atomic E-state index is -0.236. The van der Waals surface area contributed by atoms with Gasteiger partial charge in [0.15, 0.2) is 0 Å². The maximum Gasteiger partial charge on any atom is 0.275 e. The zero-order valence-electron chi connectivity index (χ0n) is 19.1. The van der Waals surface area contributed by atoms with E-state index in [-0.39, 0.29) is 11.9 Å². The molecule has 5 aromatic rings. The van der Waals surface area contributed by atoms with Gasteiger partial charge in [-0.15, -0.1) is 0 Å². The topological polar surface area (TPSA) is 45.5 Å². The highest BCUT2D eigenvalue weighted by atomic mass is 16.3. The fraction of sp³-hybridized carbons (Fsp3) is 0.100. The van der Waals surface area contributed by atoms with E-state index >= 15 is 0 Å². The lowest BCUT2D eigenvalue weighted by atomic mass is 10.0. The van der Waals surface area contributed by atoms with Crippen molar-refractivity contribution in [2.45, 2.75) is 19.9 Å². The van der Waals surface area contributed by atoms with E-state index in [4.69, 9.17) is 4.42 Å². The molecule has 166 valence electrons. The molecule has 0 bridgehead atoms. The predicted molar refractivity (Wildman–Crippen MR) is 138 cm³/mol. The van der Waals surface area contributed by atoms with E-state index in [9.17, 15) is 4.79 Å². The first-order valence-corrected chi connectivity index (χ1v) is 11.4. The van der Waals surface area contributed by atoms with E-state index < -0.39 is 0 Å². The van der Waals surface area contributed by atoms with Crippen LogP contribution in [0.2, 0.25) is 0 Å². The van der Waals surface area contributed by atoms with E-state index in [1.54, 1.807) is 0 Å². The number of hydrogen-bond acceptors (Lipinski definition) is 3. The van der Waals surface area contributed by atoms with Crippen molar-refractivity contribution >= 4 is 39.2 Å². The first kappa shape index (κ1) is 20.3. The van der Waals surface area contributed by atoms with Crippen LogP contribution in [0.25, 0.3) is 21.9 Å². The van der Waals surface area contributed by atoms with Gasteiger partial charge < -0.3 is 9.73 Å². The molecule has 4 aromatic carbocycles. The van der Waals surface area contributed by atoms with Crippen molar-refractivity contribution in [1.82, 2.24) is 0 Å². The third-order valence-corrected chi connectivity index (χ3v) is 6.37. The summed E-state index contributed by atoms with van der Waals surface area (Å²) in [7, 11) is 0. The van der Waals surface area contributed by atoms with E-state index in [1.807, 2.05) is 91.6 Å². The Morgan fingerprint density at radius 1 is 0.765 bits per heavy atom. The molecule has 1 amide bonds. The van der Waals surface area contributed by atoms with Crippen LogP contribution in [0.1, 0.15) is 22.7 Å². The maximum absolute atomic E-state index is 13.7. The van der Waals surface area contributed by atoms with Crippen molar-refractivity contribution in [3.63, 3.8) is 0 Å². The maximum atomic E-state index is 13.7. The Labute approximate surface area is 198 Å². The molecule has 0 saturated carbocycles. The fourth-order valence-corrected chi connectivity index (χ4v) is 4.76. The number of amides is 1. The molecule has 0 aliphatic carbocycles. The SMILES string of the molecule is Cc1cccc(NC2=C[C@@H](c3ccc4oc5ccccc5c4c3)N(c3cccc(C)c3)C2=O)c1. The van der Waals surface area contributed by atoms with Crippen LogP contribution in [-0.4, -0.2) is 5.91 Å². The van der Waals surface area contributed by atoms with Crippen LogP contribution in [0.5, 0.6) is 0 Å². The van der Waals surface area contributed by atoms with E-state index in [2.05, 4.69) is 29.6 Å². The van der Waals surface area contributed by atoms with Gasteiger partial charge >= 0.3 is 0 Å². The summed E-state index contributed by atoms with van der Waals surface area (Å²) in [6.07, 6.45) is 2.02. The van der Waals surface area contributed by atoms with Gasteiger partial charge in [0.05, 0.1) is 6.04 Å². The summed E-state index contributed by atoms with van der Waals surface area (Å²) in [6, 6.07) is 30.2. The second-order valence-electron chi connectivity index (χ2n) is 8.89. The Hall–Kier alpha value is -4.31. The molecule has 6 rings (SSSR count). The molecule has 4 nitrogen and oxygen atoms in total. The largest absolute Gasteiger partial charge is 0.456 e. The van der Waals surface area contributed by atoms with Crippen LogP contribution in [0.15, 0.2) is 107 Å². The van der Waals surface area contributed by atoms with Crippen LogP contribution < -0.4 is 10.2 Å². The Kier molecular flexibility index (Phi) is 4.73. The van der Waals surface area contributed by atoms with Gasteiger partial charge in [0, 0.05) is 22.1 Å². The van der Waals surface area contributed by atoms with Crippen molar-refractivity contribution in [1.29, 1.82) is 0 Å². The number of anilines is 2. The molecule has 0 radical (unpaired) electrons. The van der Waals surface area contributed by atoms with Crippen molar-refractivity contribution in [3.05, 3.63) is 119 Å². The molecule has 0 spiro atoms. The van der Waals surface area contributed by atoms with Gasteiger partial charge in [0.2, 0.25) is 0 Å². The second-order valence-corrected chi connectivity index (χ2v) is 8.89. The summed E-state index contributed by atoms with van der Waals surface area (Å²) in [5.41, 5.74) is 7.36. The first-order chi connectivity index (χ1) is 16.6. The third-order valence-electron chi connectivity index (χ3n) is 6.37. The molecular weight excluding hydrogens is 420 g/mol. The molecule has 4 heteroatoms. The van der Waals surface area contributed by atoms with E-state index in [0.29, 0.717) is 5.70 Å². The second kappa shape index (κ2) is 7.92. The number of para-hydroxylation sites is 1. The lowest BCUT2D eigenvalue weighted by Crippen LogP contribution is -2.30. The van der Waals surface area contributed by atoms with Crippen molar-refractivity contribution in [2.75, 3.05) is 10.2 Å². The standard InChI is InChI=1S/C30H24N2O2/c1-19-7-5-9-22(15-19)31-26-18-27(32(30(26)33)23-10-6-8-20(2)16-23)21-13-14-29-25(17-21)24-11-3-4-12-28(24)34-29/h3-18,27,31H,1-2H3/t27-/m0/s1. The van der Waals surface area contributed by atoms with Crippen molar-refractivity contribution < 1.29 is 9.21 Å². The summed E-state index contributed by atoms with van der Waals surface area (Å²) in [6.45, 7) is 4.09. The molecule has 1 aromatic heterocycles. The van der Waals surface area contributed by atoms with Gasteiger partial charge in [-0.25, -0.2) is 0 Å². The number of hydrogen-bond donors (Lipinski definition) is 1. The van der Waals surface area contributed by atoms with Gasteiger partial charge in [-0.3, -0.25) is 9.69 Å². The average molecular weight is 445 g/mol. The highest BCUT2D eigenvalue weighted by molar-refractivity contribution is 6.11. The summed E-state index contributed by atoms with van der Waals surface area (Å²) >= 11 is 0. The number of aryl methyl sites for hydroxylation is 2. The van der Waals surface area contributed by atoms with Crippen LogP contribution in [0.3, 0.4) is 0 Å². The molecule has 2 heterocycles. The highest BCUT2D eigenvalue weighted by Gasteiger charge is 2.35. The Balaban J connectivity index is 1.47. The number of rotatable bonds is 4. The molecule has 1 atom stereocenters. The molecule has 34 heavy (non-hydrogen) atoms. The fourth-order valence-electron chi connectivity index (χ4n) is 4.76. The quantitative estimate of drug-likeness (QED) is 0.317. The molecule has 0 fully saturated rings. The highest BCUT2D eigenvalue weighted by Crippen LogP contribution is 2.39. The summed E-state index contributed by atoms with van der Waals surface area (Å²) in [5, 5.41) is 5.49.